The number of rotatable bonds is 8. The Morgan fingerprint density at radius 3 is 2.33 bits per heavy atom. The maximum absolute atomic E-state index is 12.2. The molecule has 0 unspecified atom stereocenters. The highest BCUT2D eigenvalue weighted by Crippen LogP contribution is 2.22. The van der Waals surface area contributed by atoms with E-state index in [1.165, 1.54) is 11.8 Å². The zero-order chi connectivity index (χ0) is 19.8. The van der Waals surface area contributed by atoms with E-state index >= 15 is 0 Å². The summed E-state index contributed by atoms with van der Waals surface area (Å²) in [6.45, 7) is 6.05. The highest BCUT2D eigenvalue weighted by molar-refractivity contribution is 5.98. The van der Waals surface area contributed by atoms with Crippen molar-refractivity contribution in [2.75, 3.05) is 31.7 Å². The van der Waals surface area contributed by atoms with Crippen LogP contribution in [0.5, 0.6) is 11.5 Å². The number of nitrogens with one attached hydrogen (secondary N) is 1. The molecule has 0 atom stereocenters. The molecule has 0 spiro atoms. The van der Waals surface area contributed by atoms with Gasteiger partial charge in [0.2, 0.25) is 11.8 Å². The van der Waals surface area contributed by atoms with E-state index in [2.05, 4.69) is 5.32 Å². The SMILES string of the molecule is COc1ccc(OCCNC(=O)CN(C(C)=O)c2cccc(C)c2C)cc1. The van der Waals surface area contributed by atoms with Crippen LogP contribution in [0.3, 0.4) is 0 Å². The van der Waals surface area contributed by atoms with Crippen LogP contribution in [0.1, 0.15) is 18.1 Å². The molecule has 0 saturated heterocycles. The van der Waals surface area contributed by atoms with Gasteiger partial charge < -0.3 is 19.7 Å². The minimum Gasteiger partial charge on any atom is -0.497 e. The number of nitrogens with zero attached hydrogens (tertiary/aromatic N) is 1. The van der Waals surface area contributed by atoms with Crippen LogP contribution in [0.4, 0.5) is 5.69 Å². The van der Waals surface area contributed by atoms with Gasteiger partial charge in [-0.1, -0.05) is 12.1 Å². The van der Waals surface area contributed by atoms with Crippen LogP contribution >= 0.6 is 0 Å². The van der Waals surface area contributed by atoms with Gasteiger partial charge in [-0.3, -0.25) is 9.59 Å². The van der Waals surface area contributed by atoms with E-state index < -0.39 is 0 Å². The molecule has 144 valence electrons. The van der Waals surface area contributed by atoms with Crippen molar-refractivity contribution < 1.29 is 19.1 Å². The van der Waals surface area contributed by atoms with Crippen molar-refractivity contribution in [2.45, 2.75) is 20.8 Å². The van der Waals surface area contributed by atoms with Gasteiger partial charge in [0.1, 0.15) is 24.7 Å². The number of anilines is 1. The van der Waals surface area contributed by atoms with E-state index in [0.29, 0.717) is 18.9 Å². The molecule has 0 aliphatic rings. The maximum atomic E-state index is 12.2. The summed E-state index contributed by atoms with van der Waals surface area (Å²) in [6, 6.07) is 12.9. The van der Waals surface area contributed by atoms with E-state index in [4.69, 9.17) is 9.47 Å². The monoisotopic (exact) mass is 370 g/mol. The second-order valence-corrected chi connectivity index (χ2v) is 6.20. The van der Waals surface area contributed by atoms with Gasteiger partial charge in [-0.15, -0.1) is 0 Å². The Morgan fingerprint density at radius 1 is 1.04 bits per heavy atom. The number of carbonyl (C=O) groups excluding carboxylic acids is 2. The summed E-state index contributed by atoms with van der Waals surface area (Å²) in [6.07, 6.45) is 0. The number of carbonyl (C=O) groups is 2. The van der Waals surface area contributed by atoms with Gasteiger partial charge in [-0.25, -0.2) is 0 Å². The third-order valence-electron chi connectivity index (χ3n) is 4.30. The predicted octanol–water partition coefficient (Wildman–Crippen LogP) is 2.86. The van der Waals surface area contributed by atoms with Crippen molar-refractivity contribution in [3.8, 4) is 11.5 Å². The minimum atomic E-state index is -0.232. The van der Waals surface area contributed by atoms with Gasteiger partial charge in [0, 0.05) is 12.6 Å². The normalized spacial score (nSPS) is 10.2. The third-order valence-corrected chi connectivity index (χ3v) is 4.30. The van der Waals surface area contributed by atoms with Crippen molar-refractivity contribution in [3.05, 3.63) is 53.6 Å². The van der Waals surface area contributed by atoms with Crippen LogP contribution in [-0.2, 0) is 9.59 Å². The molecular formula is C21H26N2O4. The molecule has 0 radical (unpaired) electrons. The van der Waals surface area contributed by atoms with Crippen molar-refractivity contribution in [2.24, 2.45) is 0 Å². The van der Waals surface area contributed by atoms with Crippen LogP contribution in [0.2, 0.25) is 0 Å². The van der Waals surface area contributed by atoms with Gasteiger partial charge in [0.05, 0.1) is 13.7 Å². The molecule has 0 saturated carbocycles. The molecule has 27 heavy (non-hydrogen) atoms. The summed E-state index contributed by atoms with van der Waals surface area (Å²) in [4.78, 5) is 25.8. The molecule has 2 aromatic rings. The molecule has 2 amide bonds. The molecule has 6 heteroatoms. The molecule has 0 bridgehead atoms. The fourth-order valence-corrected chi connectivity index (χ4v) is 2.62. The molecule has 6 nitrogen and oxygen atoms in total. The van der Waals surface area contributed by atoms with E-state index in [1.54, 1.807) is 19.2 Å². The van der Waals surface area contributed by atoms with E-state index in [1.807, 2.05) is 44.2 Å². The number of amides is 2. The quantitative estimate of drug-likeness (QED) is 0.726. The lowest BCUT2D eigenvalue weighted by Crippen LogP contribution is -2.41. The summed E-state index contributed by atoms with van der Waals surface area (Å²) in [5.41, 5.74) is 2.82. The molecule has 0 fully saturated rings. The summed E-state index contributed by atoms with van der Waals surface area (Å²) < 4.78 is 10.7. The first kappa shape index (κ1) is 20.3. The summed E-state index contributed by atoms with van der Waals surface area (Å²) in [5, 5.41) is 2.78. The van der Waals surface area contributed by atoms with Crippen molar-refractivity contribution in [1.29, 1.82) is 0 Å². The molecule has 1 N–H and O–H groups in total. The van der Waals surface area contributed by atoms with E-state index in [9.17, 15) is 9.59 Å². The summed E-state index contributed by atoms with van der Waals surface area (Å²) in [7, 11) is 1.61. The Labute approximate surface area is 160 Å². The molecule has 0 aromatic heterocycles. The largest absolute Gasteiger partial charge is 0.497 e. The fraction of sp³-hybridized carbons (Fsp3) is 0.333. The number of hydrogen-bond acceptors (Lipinski definition) is 4. The van der Waals surface area contributed by atoms with Crippen molar-refractivity contribution in [1.82, 2.24) is 5.32 Å². The topological polar surface area (TPSA) is 67.9 Å². The van der Waals surface area contributed by atoms with Crippen LogP contribution in [0.15, 0.2) is 42.5 Å². The number of methoxy groups -OCH3 is 1. The van der Waals surface area contributed by atoms with Crippen LogP contribution in [0.25, 0.3) is 0 Å². The first-order chi connectivity index (χ1) is 12.9. The summed E-state index contributed by atoms with van der Waals surface area (Å²) in [5.74, 6) is 1.05. The molecule has 0 aliphatic heterocycles. The van der Waals surface area contributed by atoms with Crippen LogP contribution in [0, 0.1) is 13.8 Å². The standard InChI is InChI=1S/C21H26N2O4/c1-15-6-5-7-20(16(15)2)23(17(3)24)14-21(25)22-12-13-27-19-10-8-18(26-4)9-11-19/h5-11H,12-14H2,1-4H3,(H,22,25). The highest BCUT2D eigenvalue weighted by atomic mass is 16.5. The van der Waals surface area contributed by atoms with Gasteiger partial charge in [-0.2, -0.15) is 0 Å². The number of benzene rings is 2. The van der Waals surface area contributed by atoms with Gasteiger partial charge in [-0.05, 0) is 55.3 Å². The van der Waals surface area contributed by atoms with Gasteiger partial charge >= 0.3 is 0 Å². The second-order valence-electron chi connectivity index (χ2n) is 6.20. The lowest BCUT2D eigenvalue weighted by molar-refractivity contribution is -0.123. The smallest absolute Gasteiger partial charge is 0.240 e. The third kappa shape index (κ3) is 5.74. The molecule has 2 aromatic carbocycles. The van der Waals surface area contributed by atoms with Crippen LogP contribution in [-0.4, -0.2) is 38.6 Å². The average Bonchev–Trinajstić information content (AvgIpc) is 2.66. The summed E-state index contributed by atoms with van der Waals surface area (Å²) >= 11 is 0. The fourth-order valence-electron chi connectivity index (χ4n) is 2.62. The molecular weight excluding hydrogens is 344 g/mol. The lowest BCUT2D eigenvalue weighted by atomic mass is 10.1. The zero-order valence-electron chi connectivity index (χ0n) is 16.2. The Kier molecular flexibility index (Phi) is 7.23. The van der Waals surface area contributed by atoms with Gasteiger partial charge in [0.25, 0.3) is 0 Å². The van der Waals surface area contributed by atoms with E-state index in [-0.39, 0.29) is 18.4 Å². The number of ether oxygens (including phenoxy) is 2. The minimum absolute atomic E-state index is 0.0256. The maximum Gasteiger partial charge on any atom is 0.240 e. The Balaban J connectivity index is 1.85. The van der Waals surface area contributed by atoms with Gasteiger partial charge in [0.15, 0.2) is 0 Å². The predicted molar refractivity (Wildman–Crippen MR) is 105 cm³/mol. The average molecular weight is 370 g/mol. The Bertz CT molecular complexity index is 787. The van der Waals surface area contributed by atoms with Crippen molar-refractivity contribution in [3.63, 3.8) is 0 Å². The molecule has 2 rings (SSSR count). The molecule has 0 aliphatic carbocycles. The molecule has 0 heterocycles. The lowest BCUT2D eigenvalue weighted by Gasteiger charge is -2.23. The first-order valence-electron chi connectivity index (χ1n) is 8.80. The Morgan fingerprint density at radius 2 is 1.70 bits per heavy atom. The van der Waals surface area contributed by atoms with Crippen LogP contribution < -0.4 is 19.7 Å². The van der Waals surface area contributed by atoms with Crippen molar-refractivity contribution >= 4 is 17.5 Å². The Hall–Kier alpha value is -3.02. The second kappa shape index (κ2) is 9.62. The van der Waals surface area contributed by atoms with E-state index in [0.717, 1.165) is 22.6 Å². The number of aryl methyl sites for hydroxylation is 1. The first-order valence-corrected chi connectivity index (χ1v) is 8.80. The number of hydrogen-bond donors (Lipinski definition) is 1. The highest BCUT2D eigenvalue weighted by Gasteiger charge is 2.17. The zero-order valence-corrected chi connectivity index (χ0v) is 16.2.